The second kappa shape index (κ2) is 4.00. The van der Waals surface area contributed by atoms with E-state index < -0.39 is 0 Å². The van der Waals surface area contributed by atoms with Crippen molar-refractivity contribution in [2.45, 2.75) is 6.04 Å². The van der Waals surface area contributed by atoms with Gasteiger partial charge >= 0.3 is 0 Å². The van der Waals surface area contributed by atoms with Crippen LogP contribution in [0.4, 0.5) is 0 Å². The molecule has 2 N–H and O–H groups in total. The van der Waals surface area contributed by atoms with Crippen LogP contribution in [0.5, 0.6) is 0 Å². The summed E-state index contributed by atoms with van der Waals surface area (Å²) in [5, 5.41) is 4.62. The zero-order chi connectivity index (χ0) is 10.8. The monoisotopic (exact) mass is 222 g/mol. The Morgan fingerprint density at radius 1 is 1.40 bits per heavy atom. The minimum Gasteiger partial charge on any atom is -0.318 e. The molecule has 0 aliphatic carbocycles. The molecule has 1 heterocycles. The van der Waals surface area contributed by atoms with Crippen LogP contribution in [0.25, 0.3) is 0 Å². The van der Waals surface area contributed by atoms with Crippen molar-refractivity contribution in [3.05, 3.63) is 47.0 Å². The van der Waals surface area contributed by atoms with Gasteiger partial charge in [-0.25, -0.2) is 4.98 Å². The van der Waals surface area contributed by atoms with Crippen molar-refractivity contribution in [3.8, 4) is 0 Å². The smallest absolute Gasteiger partial charge is 0.148 e. The molecule has 0 saturated carbocycles. The Morgan fingerprint density at radius 3 is 2.73 bits per heavy atom. The molecule has 15 heavy (non-hydrogen) atoms. The Bertz CT molecular complexity index is 466. The zero-order valence-electron chi connectivity index (χ0n) is 8.26. The summed E-state index contributed by atoms with van der Waals surface area (Å²) in [5.41, 5.74) is 6.91. The average Bonchev–Trinajstić information content (AvgIpc) is 2.64. The standard InChI is InChI=1S/C10H11ClN4/c1-15-10(13-6-14-15)9(12)7-4-2-3-5-8(7)11/h2-6,9H,12H2,1H3. The number of hydrogen-bond donors (Lipinski definition) is 1. The third kappa shape index (κ3) is 1.86. The lowest BCUT2D eigenvalue weighted by Crippen LogP contribution is -2.17. The highest BCUT2D eigenvalue weighted by Gasteiger charge is 2.16. The lowest BCUT2D eigenvalue weighted by atomic mass is 10.1. The van der Waals surface area contributed by atoms with Gasteiger partial charge in [0.05, 0.1) is 6.04 Å². The van der Waals surface area contributed by atoms with Crippen LogP contribution in [0.15, 0.2) is 30.6 Å². The van der Waals surface area contributed by atoms with Crippen LogP contribution in [-0.2, 0) is 7.05 Å². The van der Waals surface area contributed by atoms with Gasteiger partial charge < -0.3 is 5.73 Å². The van der Waals surface area contributed by atoms with Crippen molar-refractivity contribution >= 4 is 11.6 Å². The van der Waals surface area contributed by atoms with Gasteiger partial charge in [0, 0.05) is 12.1 Å². The summed E-state index contributed by atoms with van der Waals surface area (Å²) >= 11 is 6.05. The minimum absolute atomic E-state index is 0.341. The van der Waals surface area contributed by atoms with E-state index in [0.29, 0.717) is 10.8 Å². The van der Waals surface area contributed by atoms with Crippen molar-refractivity contribution in [1.82, 2.24) is 14.8 Å². The molecule has 0 amide bonds. The number of aryl methyl sites for hydroxylation is 1. The van der Waals surface area contributed by atoms with Gasteiger partial charge in [-0.05, 0) is 11.6 Å². The molecule has 1 unspecified atom stereocenters. The number of halogens is 1. The molecule has 1 aromatic heterocycles. The number of aromatic nitrogens is 3. The van der Waals surface area contributed by atoms with E-state index in [1.54, 1.807) is 11.7 Å². The molecule has 0 bridgehead atoms. The average molecular weight is 223 g/mol. The van der Waals surface area contributed by atoms with Crippen LogP contribution in [0.1, 0.15) is 17.4 Å². The van der Waals surface area contributed by atoms with Gasteiger partial charge in [0.1, 0.15) is 12.2 Å². The molecule has 5 heteroatoms. The number of nitrogens with two attached hydrogens (primary N) is 1. The SMILES string of the molecule is Cn1ncnc1C(N)c1ccccc1Cl. The zero-order valence-corrected chi connectivity index (χ0v) is 9.02. The van der Waals surface area contributed by atoms with Crippen molar-refractivity contribution in [2.24, 2.45) is 12.8 Å². The first-order chi connectivity index (χ1) is 7.20. The fourth-order valence-corrected chi connectivity index (χ4v) is 1.71. The molecule has 1 aromatic carbocycles. The van der Waals surface area contributed by atoms with Gasteiger partial charge in [0.25, 0.3) is 0 Å². The molecule has 0 saturated heterocycles. The lowest BCUT2D eigenvalue weighted by molar-refractivity contribution is 0.659. The molecule has 4 nitrogen and oxygen atoms in total. The van der Waals surface area contributed by atoms with Crippen LogP contribution >= 0.6 is 11.6 Å². The summed E-state index contributed by atoms with van der Waals surface area (Å²) in [5.74, 6) is 0.697. The van der Waals surface area contributed by atoms with E-state index in [9.17, 15) is 0 Å². The Labute approximate surface area is 92.7 Å². The maximum atomic E-state index is 6.05. The van der Waals surface area contributed by atoms with Crippen molar-refractivity contribution in [2.75, 3.05) is 0 Å². The molecule has 1 atom stereocenters. The van der Waals surface area contributed by atoms with Crippen molar-refractivity contribution in [3.63, 3.8) is 0 Å². The maximum Gasteiger partial charge on any atom is 0.148 e. The Hall–Kier alpha value is -1.39. The number of nitrogens with zero attached hydrogens (tertiary/aromatic N) is 3. The van der Waals surface area contributed by atoms with E-state index in [-0.39, 0.29) is 6.04 Å². The van der Waals surface area contributed by atoms with Crippen LogP contribution in [0.2, 0.25) is 5.02 Å². The summed E-state index contributed by atoms with van der Waals surface area (Å²) < 4.78 is 1.65. The van der Waals surface area contributed by atoms with Crippen molar-refractivity contribution < 1.29 is 0 Å². The Kier molecular flexibility index (Phi) is 2.70. The van der Waals surface area contributed by atoms with Crippen molar-refractivity contribution in [1.29, 1.82) is 0 Å². The van der Waals surface area contributed by atoms with Gasteiger partial charge in [-0.15, -0.1) is 0 Å². The first-order valence-corrected chi connectivity index (χ1v) is 4.92. The fourth-order valence-electron chi connectivity index (χ4n) is 1.45. The maximum absolute atomic E-state index is 6.05. The summed E-state index contributed by atoms with van der Waals surface area (Å²) in [6.45, 7) is 0. The number of rotatable bonds is 2. The molecule has 0 radical (unpaired) electrons. The normalized spacial score (nSPS) is 12.7. The second-order valence-electron chi connectivity index (χ2n) is 3.24. The number of benzene rings is 1. The van der Waals surface area contributed by atoms with Crippen LogP contribution < -0.4 is 5.73 Å². The molecule has 2 rings (SSSR count). The van der Waals surface area contributed by atoms with Gasteiger partial charge in [0.15, 0.2) is 0 Å². The molecular formula is C10H11ClN4. The lowest BCUT2D eigenvalue weighted by Gasteiger charge is -2.12. The van der Waals surface area contributed by atoms with E-state index in [4.69, 9.17) is 17.3 Å². The van der Waals surface area contributed by atoms with Crippen LogP contribution in [-0.4, -0.2) is 14.8 Å². The van der Waals surface area contributed by atoms with E-state index >= 15 is 0 Å². The quantitative estimate of drug-likeness (QED) is 0.838. The van der Waals surface area contributed by atoms with E-state index in [0.717, 1.165) is 5.56 Å². The van der Waals surface area contributed by atoms with Gasteiger partial charge in [-0.3, -0.25) is 4.68 Å². The Morgan fingerprint density at radius 2 is 2.13 bits per heavy atom. The Balaban J connectivity index is 2.41. The molecule has 0 aliphatic rings. The molecule has 0 spiro atoms. The third-order valence-corrected chi connectivity index (χ3v) is 2.61. The summed E-state index contributed by atoms with van der Waals surface area (Å²) in [4.78, 5) is 4.10. The highest BCUT2D eigenvalue weighted by Crippen LogP contribution is 2.24. The summed E-state index contributed by atoms with van der Waals surface area (Å²) in [6.07, 6.45) is 1.48. The highest BCUT2D eigenvalue weighted by atomic mass is 35.5. The van der Waals surface area contributed by atoms with Gasteiger partial charge in [-0.1, -0.05) is 29.8 Å². The van der Waals surface area contributed by atoms with Crippen LogP contribution in [0, 0.1) is 0 Å². The molecule has 2 aromatic rings. The summed E-state index contributed by atoms with van der Waals surface area (Å²) in [7, 11) is 1.80. The largest absolute Gasteiger partial charge is 0.318 e. The second-order valence-corrected chi connectivity index (χ2v) is 3.65. The molecule has 0 aliphatic heterocycles. The topological polar surface area (TPSA) is 56.7 Å². The fraction of sp³-hybridized carbons (Fsp3) is 0.200. The molecule has 0 fully saturated rings. The summed E-state index contributed by atoms with van der Waals surface area (Å²) in [6, 6.07) is 7.13. The molecule has 78 valence electrons. The van der Waals surface area contributed by atoms with Gasteiger partial charge in [-0.2, -0.15) is 5.10 Å². The predicted molar refractivity (Wildman–Crippen MR) is 58.5 cm³/mol. The molecular weight excluding hydrogens is 212 g/mol. The first kappa shape index (κ1) is 10.1. The van der Waals surface area contributed by atoms with Gasteiger partial charge in [0.2, 0.25) is 0 Å². The predicted octanol–water partition coefficient (Wildman–Crippen LogP) is 1.52. The first-order valence-electron chi connectivity index (χ1n) is 4.54. The van der Waals surface area contributed by atoms with E-state index in [1.807, 2.05) is 24.3 Å². The third-order valence-electron chi connectivity index (χ3n) is 2.26. The van der Waals surface area contributed by atoms with Crippen LogP contribution in [0.3, 0.4) is 0 Å². The minimum atomic E-state index is -0.341. The van der Waals surface area contributed by atoms with E-state index in [1.165, 1.54) is 6.33 Å². The van der Waals surface area contributed by atoms with E-state index in [2.05, 4.69) is 10.1 Å². The number of hydrogen-bond acceptors (Lipinski definition) is 3. The highest BCUT2D eigenvalue weighted by molar-refractivity contribution is 6.31.